The van der Waals surface area contributed by atoms with Gasteiger partial charge in [-0.25, -0.2) is 0 Å². The molecule has 2 atom stereocenters. The lowest BCUT2D eigenvalue weighted by Crippen LogP contribution is -2.39. The fourth-order valence-electron chi connectivity index (χ4n) is 3.29. The molecule has 18 heavy (non-hydrogen) atoms. The largest absolute Gasteiger partial charge is 0.409 e. The summed E-state index contributed by atoms with van der Waals surface area (Å²) < 4.78 is 0. The molecule has 2 unspecified atom stereocenters. The first-order valence-electron chi connectivity index (χ1n) is 6.96. The Morgan fingerprint density at radius 3 is 2.50 bits per heavy atom. The zero-order chi connectivity index (χ0) is 12.7. The fourth-order valence-corrected chi connectivity index (χ4v) is 3.29. The van der Waals surface area contributed by atoms with E-state index in [9.17, 15) is 4.79 Å². The molecule has 0 aromatic carbocycles. The summed E-state index contributed by atoms with van der Waals surface area (Å²) in [6.07, 6.45) is 6.23. The summed E-state index contributed by atoms with van der Waals surface area (Å²) in [6, 6.07) is 0.418. The molecule has 0 heterocycles. The Morgan fingerprint density at radius 1 is 1.28 bits per heavy atom. The molecule has 0 saturated heterocycles. The van der Waals surface area contributed by atoms with Crippen LogP contribution in [0, 0.1) is 17.8 Å². The van der Waals surface area contributed by atoms with Crippen molar-refractivity contribution in [2.24, 2.45) is 28.6 Å². The van der Waals surface area contributed by atoms with E-state index < -0.39 is 0 Å². The number of hydrogen-bond donors (Lipinski definition) is 2. The van der Waals surface area contributed by atoms with Gasteiger partial charge >= 0.3 is 0 Å². The molecule has 3 saturated carbocycles. The molecule has 3 N–H and O–H groups in total. The van der Waals surface area contributed by atoms with Gasteiger partial charge < -0.3 is 15.8 Å². The third-order valence-corrected chi connectivity index (χ3v) is 4.60. The summed E-state index contributed by atoms with van der Waals surface area (Å²) >= 11 is 0. The van der Waals surface area contributed by atoms with E-state index in [-0.39, 0.29) is 11.8 Å². The van der Waals surface area contributed by atoms with E-state index in [1.165, 1.54) is 6.42 Å². The lowest BCUT2D eigenvalue weighted by atomic mass is 10.0. The van der Waals surface area contributed by atoms with Gasteiger partial charge in [-0.1, -0.05) is 5.16 Å². The standard InChI is InChI=1S/C13H21N3O2/c14-12(15-18)3-4-16(11-1-2-11)13(17)10-6-8-5-9(8)7-10/h8-11,18H,1-7H2,(H2,14,15). The van der Waals surface area contributed by atoms with Crippen LogP contribution in [0.5, 0.6) is 0 Å². The summed E-state index contributed by atoms with van der Waals surface area (Å²) in [7, 11) is 0. The third-order valence-electron chi connectivity index (χ3n) is 4.60. The lowest BCUT2D eigenvalue weighted by molar-refractivity contribution is -0.136. The lowest BCUT2D eigenvalue weighted by Gasteiger charge is -2.26. The number of carbonyl (C=O) groups excluding carboxylic acids is 1. The monoisotopic (exact) mass is 251 g/mol. The van der Waals surface area contributed by atoms with Crippen molar-refractivity contribution in [2.75, 3.05) is 6.54 Å². The third kappa shape index (κ3) is 2.31. The Hall–Kier alpha value is -1.26. The summed E-state index contributed by atoms with van der Waals surface area (Å²) in [5, 5.41) is 11.5. The van der Waals surface area contributed by atoms with Crippen LogP contribution in [-0.2, 0) is 4.79 Å². The number of amidine groups is 1. The Labute approximate surface area is 107 Å². The van der Waals surface area contributed by atoms with Gasteiger partial charge in [-0.15, -0.1) is 0 Å². The van der Waals surface area contributed by atoms with Gasteiger partial charge in [0.25, 0.3) is 0 Å². The second-order valence-electron chi connectivity index (χ2n) is 6.03. The van der Waals surface area contributed by atoms with Crippen LogP contribution in [0.15, 0.2) is 5.16 Å². The Balaban J connectivity index is 1.57. The highest BCUT2D eigenvalue weighted by Gasteiger charge is 2.49. The Bertz CT molecular complexity index is 368. The number of fused-ring (bicyclic) bond motifs is 1. The number of carbonyl (C=O) groups is 1. The van der Waals surface area contributed by atoms with Crippen molar-refractivity contribution in [3.05, 3.63) is 0 Å². The van der Waals surface area contributed by atoms with Crippen LogP contribution >= 0.6 is 0 Å². The molecule has 3 aliphatic carbocycles. The maximum Gasteiger partial charge on any atom is 0.225 e. The molecule has 0 aliphatic heterocycles. The maximum atomic E-state index is 12.5. The second-order valence-corrected chi connectivity index (χ2v) is 6.03. The van der Waals surface area contributed by atoms with Crippen molar-refractivity contribution in [1.82, 2.24) is 4.90 Å². The average molecular weight is 251 g/mol. The molecule has 5 nitrogen and oxygen atoms in total. The minimum atomic E-state index is 0.211. The minimum absolute atomic E-state index is 0.211. The zero-order valence-corrected chi connectivity index (χ0v) is 10.6. The van der Waals surface area contributed by atoms with Crippen molar-refractivity contribution in [1.29, 1.82) is 0 Å². The molecule has 0 spiro atoms. The Kier molecular flexibility index (Phi) is 2.92. The quantitative estimate of drug-likeness (QED) is 0.333. The molecule has 0 aromatic rings. The van der Waals surface area contributed by atoms with E-state index in [4.69, 9.17) is 10.9 Å². The minimum Gasteiger partial charge on any atom is -0.409 e. The molecular formula is C13H21N3O2. The Morgan fingerprint density at radius 2 is 1.94 bits per heavy atom. The molecule has 1 amide bonds. The van der Waals surface area contributed by atoms with Crippen LogP contribution < -0.4 is 5.73 Å². The normalized spacial score (nSPS) is 34.2. The summed E-state index contributed by atoms with van der Waals surface area (Å²) in [4.78, 5) is 14.5. The summed E-state index contributed by atoms with van der Waals surface area (Å²) in [5.41, 5.74) is 5.49. The van der Waals surface area contributed by atoms with Crippen molar-refractivity contribution in [3.63, 3.8) is 0 Å². The molecule has 3 aliphatic rings. The van der Waals surface area contributed by atoms with Crippen molar-refractivity contribution < 1.29 is 10.0 Å². The zero-order valence-electron chi connectivity index (χ0n) is 10.6. The maximum absolute atomic E-state index is 12.5. The number of amides is 1. The van der Waals surface area contributed by atoms with Crippen LogP contribution in [0.25, 0.3) is 0 Å². The van der Waals surface area contributed by atoms with Crippen LogP contribution in [0.4, 0.5) is 0 Å². The number of nitrogens with zero attached hydrogens (tertiary/aromatic N) is 2. The number of rotatable bonds is 5. The summed E-state index contributed by atoms with van der Waals surface area (Å²) in [6.45, 7) is 0.602. The highest BCUT2D eigenvalue weighted by atomic mass is 16.4. The fraction of sp³-hybridized carbons (Fsp3) is 0.846. The van der Waals surface area contributed by atoms with E-state index in [0.29, 0.717) is 24.9 Å². The molecule has 0 bridgehead atoms. The number of nitrogens with two attached hydrogens (primary N) is 1. The van der Waals surface area contributed by atoms with Gasteiger partial charge in [0.15, 0.2) is 0 Å². The first-order valence-corrected chi connectivity index (χ1v) is 6.96. The molecule has 3 rings (SSSR count). The first-order chi connectivity index (χ1) is 8.69. The second kappa shape index (κ2) is 4.44. The van der Waals surface area contributed by atoms with Gasteiger partial charge in [0.05, 0.1) is 0 Å². The van der Waals surface area contributed by atoms with Gasteiger partial charge in [-0.3, -0.25) is 4.79 Å². The van der Waals surface area contributed by atoms with Gasteiger partial charge in [0.2, 0.25) is 5.91 Å². The molecule has 100 valence electrons. The van der Waals surface area contributed by atoms with Crippen LogP contribution in [0.1, 0.15) is 38.5 Å². The molecule has 0 aromatic heterocycles. The van der Waals surface area contributed by atoms with Crippen LogP contribution in [-0.4, -0.2) is 34.4 Å². The SMILES string of the molecule is NC(CCN(C(=O)C1CC2CC2C1)C1CC1)=NO. The van der Waals surface area contributed by atoms with E-state index >= 15 is 0 Å². The van der Waals surface area contributed by atoms with Crippen molar-refractivity contribution in [3.8, 4) is 0 Å². The predicted molar refractivity (Wildman–Crippen MR) is 67.1 cm³/mol. The molecule has 3 fully saturated rings. The van der Waals surface area contributed by atoms with Gasteiger partial charge in [-0.2, -0.15) is 0 Å². The molecule has 0 radical (unpaired) electrons. The van der Waals surface area contributed by atoms with E-state index in [1.807, 2.05) is 4.90 Å². The van der Waals surface area contributed by atoms with Crippen LogP contribution in [0.3, 0.4) is 0 Å². The molecule has 5 heteroatoms. The van der Waals surface area contributed by atoms with E-state index in [2.05, 4.69) is 5.16 Å². The van der Waals surface area contributed by atoms with Crippen molar-refractivity contribution in [2.45, 2.75) is 44.6 Å². The highest BCUT2D eigenvalue weighted by molar-refractivity contribution is 5.82. The van der Waals surface area contributed by atoms with Gasteiger partial charge in [0, 0.05) is 24.9 Å². The number of hydrogen-bond acceptors (Lipinski definition) is 3. The first kappa shape index (κ1) is 11.8. The van der Waals surface area contributed by atoms with Crippen molar-refractivity contribution >= 4 is 11.7 Å². The smallest absolute Gasteiger partial charge is 0.225 e. The van der Waals surface area contributed by atoms with Gasteiger partial charge in [0.1, 0.15) is 5.84 Å². The summed E-state index contributed by atoms with van der Waals surface area (Å²) in [5.74, 6) is 2.45. The average Bonchev–Trinajstić information content (AvgIpc) is 3.30. The highest BCUT2D eigenvalue weighted by Crippen LogP contribution is 2.55. The van der Waals surface area contributed by atoms with Crippen LogP contribution in [0.2, 0.25) is 0 Å². The van der Waals surface area contributed by atoms with E-state index in [1.54, 1.807) is 0 Å². The topological polar surface area (TPSA) is 78.9 Å². The predicted octanol–water partition coefficient (Wildman–Crippen LogP) is 1.16. The number of oxime groups is 1. The van der Waals surface area contributed by atoms with E-state index in [0.717, 1.165) is 37.5 Å². The van der Waals surface area contributed by atoms with Gasteiger partial charge in [-0.05, 0) is 43.9 Å². The molecular weight excluding hydrogens is 230 g/mol.